The van der Waals surface area contributed by atoms with Crippen LogP contribution >= 0.6 is 10.0 Å². The smallest absolute Gasteiger partial charge is 0.0543 e. The molecule has 6 aromatic carbocycles. The zero-order valence-corrected chi connectivity index (χ0v) is 30.0. The Morgan fingerprint density at radius 3 is 2.06 bits per heavy atom. The van der Waals surface area contributed by atoms with Gasteiger partial charge in [0.15, 0.2) is 0 Å². The van der Waals surface area contributed by atoms with E-state index in [1.165, 1.54) is 97.9 Å². The predicted molar refractivity (Wildman–Crippen MR) is 211 cm³/mol. The summed E-state index contributed by atoms with van der Waals surface area (Å²) in [5.41, 5.74) is 16.3. The molecule has 0 amide bonds. The summed E-state index contributed by atoms with van der Waals surface area (Å²) in [5, 5.41) is 0. The fourth-order valence-corrected chi connectivity index (χ4v) is 11.8. The number of anilines is 3. The third-order valence-electron chi connectivity index (χ3n) is 11.7. The fraction of sp³-hybridized carbons (Fsp3) is 0.234. The Hall–Kier alpha value is -4.53. The van der Waals surface area contributed by atoms with Crippen molar-refractivity contribution in [3.63, 3.8) is 0 Å². The lowest BCUT2D eigenvalue weighted by molar-refractivity contribution is 0.438. The minimum absolute atomic E-state index is 0.0595. The van der Waals surface area contributed by atoms with Crippen molar-refractivity contribution in [2.75, 3.05) is 17.4 Å². The van der Waals surface area contributed by atoms with Crippen molar-refractivity contribution in [3.05, 3.63) is 150 Å². The molecule has 9 rings (SSSR count). The molecule has 0 saturated heterocycles. The van der Waals surface area contributed by atoms with E-state index in [0.29, 0.717) is 5.92 Å². The molecule has 1 nitrogen and oxygen atoms in total. The van der Waals surface area contributed by atoms with E-state index in [-0.39, 0.29) is 5.41 Å². The molecule has 2 heteroatoms. The number of hydrogen-bond acceptors (Lipinski definition) is 1. The van der Waals surface area contributed by atoms with Crippen LogP contribution in [0.4, 0.5) is 17.1 Å². The molecule has 0 unspecified atom stereocenters. The number of rotatable bonds is 5. The number of fused-ring (bicyclic) bond motifs is 6. The maximum atomic E-state index is 2.52. The highest BCUT2D eigenvalue weighted by Crippen LogP contribution is 2.67. The van der Waals surface area contributed by atoms with Gasteiger partial charge in [0.2, 0.25) is 0 Å². The van der Waals surface area contributed by atoms with E-state index in [1.807, 2.05) is 0 Å². The summed E-state index contributed by atoms with van der Waals surface area (Å²) in [5.74, 6) is 0.635. The van der Waals surface area contributed by atoms with E-state index in [0.717, 1.165) is 0 Å². The molecule has 1 heterocycles. The molecule has 1 fully saturated rings. The van der Waals surface area contributed by atoms with Crippen LogP contribution in [0, 0.1) is 0 Å². The first-order valence-corrected chi connectivity index (χ1v) is 20.5. The first-order chi connectivity index (χ1) is 23.8. The van der Waals surface area contributed by atoms with Gasteiger partial charge in [-0.2, -0.15) is 10.0 Å². The average Bonchev–Trinajstić information content (AvgIpc) is 3.53. The highest BCUT2D eigenvalue weighted by atomic mass is 32.3. The highest BCUT2D eigenvalue weighted by molar-refractivity contribution is 8.33. The SMILES string of the molecule is CC1(C)c2ccccc2-c2c(N(c3ccccc3)c3cccc(-c4ccc5c(c4)S(C)(C)c4ccccc4-5)c3)ccc(C3CCCCC3)c21. The van der Waals surface area contributed by atoms with Gasteiger partial charge in [0.1, 0.15) is 0 Å². The number of nitrogens with zero attached hydrogens (tertiary/aromatic N) is 1. The van der Waals surface area contributed by atoms with Crippen LogP contribution in [0.25, 0.3) is 33.4 Å². The monoisotopic (exact) mass is 655 g/mol. The van der Waals surface area contributed by atoms with E-state index in [2.05, 4.69) is 165 Å². The van der Waals surface area contributed by atoms with Crippen molar-refractivity contribution in [2.45, 2.75) is 67.1 Å². The Morgan fingerprint density at radius 1 is 0.571 bits per heavy atom. The van der Waals surface area contributed by atoms with Gasteiger partial charge in [-0.25, -0.2) is 0 Å². The largest absolute Gasteiger partial charge is 0.310 e. The second kappa shape index (κ2) is 11.5. The van der Waals surface area contributed by atoms with Gasteiger partial charge in [-0.3, -0.25) is 0 Å². The molecule has 0 bridgehead atoms. The maximum absolute atomic E-state index is 2.52. The van der Waals surface area contributed by atoms with Gasteiger partial charge in [0.25, 0.3) is 0 Å². The van der Waals surface area contributed by atoms with Crippen LogP contribution in [0.15, 0.2) is 143 Å². The molecular weight excluding hydrogens is 611 g/mol. The zero-order valence-electron chi connectivity index (χ0n) is 29.2. The topological polar surface area (TPSA) is 3.24 Å². The molecule has 244 valence electrons. The molecule has 3 aliphatic rings. The second-order valence-electron chi connectivity index (χ2n) is 15.2. The van der Waals surface area contributed by atoms with Crippen LogP contribution in [-0.4, -0.2) is 12.5 Å². The quantitative estimate of drug-likeness (QED) is 0.179. The summed E-state index contributed by atoms with van der Waals surface area (Å²) in [6.07, 6.45) is 11.5. The maximum Gasteiger partial charge on any atom is 0.0543 e. The molecule has 1 aliphatic heterocycles. The molecule has 2 aliphatic carbocycles. The summed E-state index contributed by atoms with van der Waals surface area (Å²) in [6, 6.07) is 50.5. The van der Waals surface area contributed by atoms with Gasteiger partial charge >= 0.3 is 0 Å². The molecule has 0 N–H and O–H groups in total. The summed E-state index contributed by atoms with van der Waals surface area (Å²) < 4.78 is 0. The van der Waals surface area contributed by atoms with Crippen LogP contribution in [-0.2, 0) is 5.41 Å². The number of benzene rings is 6. The van der Waals surface area contributed by atoms with Crippen LogP contribution in [0.5, 0.6) is 0 Å². The lowest BCUT2D eigenvalue weighted by atomic mass is 9.74. The van der Waals surface area contributed by atoms with E-state index in [4.69, 9.17) is 0 Å². The van der Waals surface area contributed by atoms with E-state index >= 15 is 0 Å². The van der Waals surface area contributed by atoms with Crippen LogP contribution < -0.4 is 4.90 Å². The Kier molecular flexibility index (Phi) is 7.18. The fourth-order valence-electron chi connectivity index (χ4n) is 9.30. The lowest BCUT2D eigenvalue weighted by Crippen LogP contribution is -2.20. The lowest BCUT2D eigenvalue weighted by Gasteiger charge is -2.33. The van der Waals surface area contributed by atoms with Crippen LogP contribution in [0.2, 0.25) is 0 Å². The van der Waals surface area contributed by atoms with E-state index in [1.54, 1.807) is 11.1 Å². The molecule has 0 radical (unpaired) electrons. The van der Waals surface area contributed by atoms with Gasteiger partial charge in [0, 0.05) is 32.1 Å². The van der Waals surface area contributed by atoms with Gasteiger partial charge in [-0.1, -0.05) is 124 Å². The van der Waals surface area contributed by atoms with Crippen LogP contribution in [0.1, 0.15) is 68.6 Å². The summed E-state index contributed by atoms with van der Waals surface area (Å²) in [7, 11) is -1.08. The Balaban J connectivity index is 1.23. The third kappa shape index (κ3) is 4.75. The van der Waals surface area contributed by atoms with Crippen molar-refractivity contribution in [1.29, 1.82) is 0 Å². The minimum Gasteiger partial charge on any atom is -0.310 e. The van der Waals surface area contributed by atoms with Gasteiger partial charge < -0.3 is 4.90 Å². The second-order valence-corrected chi connectivity index (χ2v) is 18.7. The molecule has 49 heavy (non-hydrogen) atoms. The minimum atomic E-state index is -1.08. The van der Waals surface area contributed by atoms with E-state index in [9.17, 15) is 0 Å². The predicted octanol–water partition coefficient (Wildman–Crippen LogP) is 13.6. The summed E-state index contributed by atoms with van der Waals surface area (Å²) in [6.45, 7) is 4.91. The number of hydrogen-bond donors (Lipinski definition) is 0. The first kappa shape index (κ1) is 30.5. The Bertz CT molecular complexity index is 2220. The molecule has 6 aromatic rings. The first-order valence-electron chi connectivity index (χ1n) is 18.0. The molecule has 1 saturated carbocycles. The summed E-state index contributed by atoms with van der Waals surface area (Å²) in [4.78, 5) is 5.51. The van der Waals surface area contributed by atoms with Crippen molar-refractivity contribution in [1.82, 2.24) is 0 Å². The highest BCUT2D eigenvalue weighted by Gasteiger charge is 2.41. The molecule has 0 spiro atoms. The van der Waals surface area contributed by atoms with Crippen molar-refractivity contribution in [3.8, 4) is 33.4 Å². The summed E-state index contributed by atoms with van der Waals surface area (Å²) >= 11 is 0. The average molecular weight is 656 g/mol. The molecule has 0 atom stereocenters. The van der Waals surface area contributed by atoms with Gasteiger partial charge in [-0.15, -0.1) is 0 Å². The van der Waals surface area contributed by atoms with Crippen molar-refractivity contribution in [2.24, 2.45) is 0 Å². The van der Waals surface area contributed by atoms with E-state index < -0.39 is 10.0 Å². The van der Waals surface area contributed by atoms with Gasteiger partial charge in [-0.05, 0) is 118 Å². The van der Waals surface area contributed by atoms with Crippen LogP contribution in [0.3, 0.4) is 0 Å². The third-order valence-corrected chi connectivity index (χ3v) is 14.6. The zero-order chi connectivity index (χ0) is 33.3. The molecule has 0 aromatic heterocycles. The standard InChI is InChI=1S/C47H45NS/c1-47(2)41-24-13-11-23-40(41)45-42(29-28-37(46(45)47)32-16-7-5-8-17-32)48(35-19-9-6-10-20-35)36-21-15-18-33(30-36)34-26-27-39-38-22-12-14-25-43(38)49(3,4)44(39)31-34/h6,9-15,18-32H,5,7-8,16-17H2,1-4H3. The normalized spacial score (nSPS) is 17.5. The van der Waals surface area contributed by atoms with Gasteiger partial charge in [0.05, 0.1) is 5.69 Å². The molecular formula is C47H45NS. The van der Waals surface area contributed by atoms with Crippen molar-refractivity contribution < 1.29 is 0 Å². The van der Waals surface area contributed by atoms with Crippen molar-refractivity contribution >= 4 is 27.1 Å². The number of para-hydroxylation sites is 1. The Labute approximate surface area is 294 Å². The Morgan fingerprint density at radius 2 is 1.24 bits per heavy atom.